The van der Waals surface area contributed by atoms with Gasteiger partial charge in [0.2, 0.25) is 0 Å². The Hall–Kier alpha value is -0.760. The smallest absolute Gasteiger partial charge is 0.330 e. The molecule has 0 aliphatic carbocycles. The molecule has 0 saturated carbocycles. The van der Waals surface area contributed by atoms with E-state index in [0.717, 1.165) is 12.0 Å². The third kappa shape index (κ3) is 5.33. The van der Waals surface area contributed by atoms with Crippen molar-refractivity contribution >= 4 is 120 Å². The van der Waals surface area contributed by atoms with Crippen LogP contribution < -0.4 is 10.1 Å². The molecule has 1 aliphatic rings. The highest BCUT2D eigenvalue weighted by Gasteiger charge is 2.47. The quantitative estimate of drug-likeness (QED) is 0.139. The number of hydrogen-bond acceptors (Lipinski definition) is 6. The minimum absolute atomic E-state index is 0.298. The van der Waals surface area contributed by atoms with Gasteiger partial charge < -0.3 is 14.8 Å². The molecule has 0 unspecified atom stereocenters. The SMILES string of the molecule is COc1ccccc1NC(=O)COC(=O)[C@H](C(C)C)N1C(=O)c2c(I)c(I)c(I)c(I)c2C1=O. The lowest BCUT2D eigenvalue weighted by atomic mass is 10.0. The molecule has 1 N–H and O–H groups in total. The summed E-state index contributed by atoms with van der Waals surface area (Å²) in [6.45, 7) is 2.86. The highest BCUT2D eigenvalue weighted by molar-refractivity contribution is 14.1. The number of esters is 1. The lowest BCUT2D eigenvalue weighted by Crippen LogP contribution is -2.49. The minimum atomic E-state index is -1.17. The number of imide groups is 1. The highest BCUT2D eigenvalue weighted by atomic mass is 127. The molecule has 0 fully saturated rings. The number of benzene rings is 2. The van der Waals surface area contributed by atoms with Crippen LogP contribution in [0.25, 0.3) is 0 Å². The van der Waals surface area contributed by atoms with E-state index < -0.39 is 42.3 Å². The lowest BCUT2D eigenvalue weighted by Gasteiger charge is -2.27. The number of hydrogen-bond donors (Lipinski definition) is 1. The number of nitrogens with zero attached hydrogens (tertiary/aromatic N) is 1. The van der Waals surface area contributed by atoms with E-state index in [4.69, 9.17) is 9.47 Å². The molecular weight excluding hydrogens is 896 g/mol. The number of carbonyl (C=O) groups excluding carboxylic acids is 4. The van der Waals surface area contributed by atoms with Gasteiger partial charge in [-0.05, 0) is 108 Å². The molecule has 1 atom stereocenters. The summed E-state index contributed by atoms with van der Waals surface area (Å²) in [4.78, 5) is 53.0. The van der Waals surface area contributed by atoms with Crippen molar-refractivity contribution in [1.82, 2.24) is 4.90 Å². The average Bonchev–Trinajstić information content (AvgIpc) is 3.05. The van der Waals surface area contributed by atoms with Crippen molar-refractivity contribution in [2.24, 2.45) is 5.92 Å². The molecule has 3 rings (SSSR count). The van der Waals surface area contributed by atoms with Crippen LogP contribution in [-0.2, 0) is 14.3 Å². The molecule has 8 nitrogen and oxygen atoms in total. The Kier molecular flexibility index (Phi) is 9.43. The third-order valence-corrected chi connectivity index (χ3v) is 12.4. The molecule has 3 amide bonds. The minimum Gasteiger partial charge on any atom is -0.495 e. The Labute approximate surface area is 250 Å². The van der Waals surface area contributed by atoms with E-state index in [-0.39, 0.29) is 0 Å². The number of ether oxygens (including phenoxy) is 2. The maximum atomic E-state index is 13.3. The van der Waals surface area contributed by atoms with Crippen LogP contribution in [-0.4, -0.2) is 48.3 Å². The van der Waals surface area contributed by atoms with Gasteiger partial charge in [0.15, 0.2) is 6.61 Å². The van der Waals surface area contributed by atoms with E-state index in [9.17, 15) is 19.2 Å². The first-order chi connectivity index (χ1) is 16.0. The molecule has 180 valence electrons. The van der Waals surface area contributed by atoms with Gasteiger partial charge in [-0.3, -0.25) is 19.3 Å². The Morgan fingerprint density at radius 3 is 1.97 bits per heavy atom. The fourth-order valence-corrected chi connectivity index (χ4v) is 7.10. The van der Waals surface area contributed by atoms with Crippen molar-refractivity contribution in [1.29, 1.82) is 0 Å². The lowest BCUT2D eigenvalue weighted by molar-refractivity contribution is -0.152. The molecule has 1 heterocycles. The Morgan fingerprint density at radius 2 is 1.47 bits per heavy atom. The molecule has 34 heavy (non-hydrogen) atoms. The maximum Gasteiger partial charge on any atom is 0.330 e. The van der Waals surface area contributed by atoms with Gasteiger partial charge in [-0.25, -0.2) is 4.79 Å². The van der Waals surface area contributed by atoms with E-state index in [0.29, 0.717) is 29.7 Å². The van der Waals surface area contributed by atoms with Crippen LogP contribution in [0.4, 0.5) is 5.69 Å². The molecule has 0 radical (unpaired) electrons. The van der Waals surface area contributed by atoms with E-state index in [1.807, 2.05) is 0 Å². The van der Waals surface area contributed by atoms with Gasteiger partial charge in [-0.2, -0.15) is 0 Å². The van der Waals surface area contributed by atoms with Crippen LogP contribution in [0, 0.1) is 20.2 Å². The summed E-state index contributed by atoms with van der Waals surface area (Å²) in [5, 5.41) is 2.62. The number of para-hydroxylation sites is 2. The molecular formula is C22H18I4N2O6. The van der Waals surface area contributed by atoms with Gasteiger partial charge in [0.1, 0.15) is 11.8 Å². The predicted molar refractivity (Wildman–Crippen MR) is 159 cm³/mol. The number of fused-ring (bicyclic) bond motifs is 1. The molecule has 2 aromatic rings. The highest BCUT2D eigenvalue weighted by Crippen LogP contribution is 2.39. The molecule has 0 saturated heterocycles. The summed E-state index contributed by atoms with van der Waals surface area (Å²) in [5.41, 5.74) is 1.03. The zero-order valence-corrected chi connectivity index (χ0v) is 26.7. The summed E-state index contributed by atoms with van der Waals surface area (Å²) in [6.07, 6.45) is 0. The van der Waals surface area contributed by atoms with Gasteiger partial charge in [0, 0.05) is 14.3 Å². The Morgan fingerprint density at radius 1 is 0.941 bits per heavy atom. The monoisotopic (exact) mass is 914 g/mol. The molecule has 0 aromatic heterocycles. The number of nitrogens with one attached hydrogen (secondary N) is 1. The first-order valence-corrected chi connectivity index (χ1v) is 14.2. The van der Waals surface area contributed by atoms with Crippen molar-refractivity contribution in [3.63, 3.8) is 0 Å². The van der Waals surface area contributed by atoms with Crippen molar-refractivity contribution in [3.05, 3.63) is 49.7 Å². The van der Waals surface area contributed by atoms with Crippen LogP contribution >= 0.6 is 90.4 Å². The van der Waals surface area contributed by atoms with Gasteiger partial charge in [0.25, 0.3) is 17.7 Å². The number of amides is 3. The Bertz CT molecular complexity index is 1150. The summed E-state index contributed by atoms with van der Waals surface area (Å²) >= 11 is 8.39. The molecule has 2 aromatic carbocycles. The van der Waals surface area contributed by atoms with Crippen molar-refractivity contribution < 1.29 is 28.7 Å². The van der Waals surface area contributed by atoms with E-state index in [2.05, 4.69) is 95.7 Å². The second-order valence-electron chi connectivity index (χ2n) is 7.53. The molecule has 0 spiro atoms. The third-order valence-electron chi connectivity index (χ3n) is 5.01. The van der Waals surface area contributed by atoms with Crippen LogP contribution in [0.1, 0.15) is 34.6 Å². The first-order valence-electron chi connectivity index (χ1n) is 9.84. The first kappa shape index (κ1) is 27.8. The second-order valence-corrected chi connectivity index (χ2v) is 11.8. The van der Waals surface area contributed by atoms with Crippen LogP contribution in [0.15, 0.2) is 24.3 Å². The summed E-state index contributed by atoms with van der Waals surface area (Å²) < 4.78 is 13.5. The van der Waals surface area contributed by atoms with Gasteiger partial charge in [-0.15, -0.1) is 0 Å². The molecule has 12 heteroatoms. The zero-order valence-electron chi connectivity index (χ0n) is 18.1. The normalized spacial score (nSPS) is 13.7. The summed E-state index contributed by atoms with van der Waals surface area (Å²) in [7, 11) is 1.48. The maximum absolute atomic E-state index is 13.3. The van der Waals surface area contributed by atoms with Crippen molar-refractivity contribution in [3.8, 4) is 5.75 Å². The van der Waals surface area contributed by atoms with Gasteiger partial charge in [-0.1, -0.05) is 26.0 Å². The fourth-order valence-electron chi connectivity index (χ4n) is 3.45. The molecule has 1 aliphatic heterocycles. The topological polar surface area (TPSA) is 102 Å². The zero-order chi connectivity index (χ0) is 25.3. The number of rotatable bonds is 7. The predicted octanol–water partition coefficient (Wildman–Crippen LogP) is 4.92. The van der Waals surface area contributed by atoms with Gasteiger partial charge >= 0.3 is 5.97 Å². The summed E-state index contributed by atoms with van der Waals surface area (Å²) in [6, 6.07) is 5.65. The number of anilines is 1. The average molecular weight is 914 g/mol. The van der Waals surface area contributed by atoms with E-state index >= 15 is 0 Å². The molecule has 0 bridgehead atoms. The number of halogens is 4. The van der Waals surface area contributed by atoms with Crippen LogP contribution in [0.3, 0.4) is 0 Å². The largest absolute Gasteiger partial charge is 0.495 e. The number of carbonyl (C=O) groups is 4. The Balaban J connectivity index is 1.81. The number of methoxy groups -OCH3 is 1. The van der Waals surface area contributed by atoms with E-state index in [1.54, 1.807) is 38.1 Å². The van der Waals surface area contributed by atoms with Crippen molar-refractivity contribution in [2.45, 2.75) is 19.9 Å². The summed E-state index contributed by atoms with van der Waals surface area (Å²) in [5.74, 6) is -2.44. The van der Waals surface area contributed by atoms with Crippen LogP contribution in [0.5, 0.6) is 5.75 Å². The van der Waals surface area contributed by atoms with E-state index in [1.165, 1.54) is 7.11 Å². The fraction of sp³-hybridized carbons (Fsp3) is 0.273. The van der Waals surface area contributed by atoms with Gasteiger partial charge in [0.05, 0.1) is 23.9 Å². The standard InChI is InChI=1S/C22H18I4N2O6/c1-9(2)19(22(32)34-8-12(29)27-10-6-4-5-7-11(10)33-3)28-20(30)13-14(21(28)31)16(24)18(26)17(25)15(13)23/h4-7,9,19H,8H2,1-3H3,(H,27,29)/t19-/m0/s1. The second kappa shape index (κ2) is 11.5. The van der Waals surface area contributed by atoms with Crippen LogP contribution in [0.2, 0.25) is 0 Å². The van der Waals surface area contributed by atoms with Crippen molar-refractivity contribution in [2.75, 3.05) is 19.0 Å².